The number of methoxy groups -OCH3 is 1. The van der Waals surface area contributed by atoms with E-state index >= 15 is 0 Å². The van der Waals surface area contributed by atoms with E-state index in [0.29, 0.717) is 24.5 Å². The number of ketones is 1. The summed E-state index contributed by atoms with van der Waals surface area (Å²) in [4.78, 5) is 27.4. The van der Waals surface area contributed by atoms with Crippen LogP contribution in [0.3, 0.4) is 0 Å². The summed E-state index contributed by atoms with van der Waals surface area (Å²) in [6, 6.07) is 13.5. The van der Waals surface area contributed by atoms with E-state index in [-0.39, 0.29) is 11.3 Å². The number of Topliss-reactive ketones (excluding diaryl/α,β-unsaturated/α-hetero) is 1. The Labute approximate surface area is 183 Å². The van der Waals surface area contributed by atoms with Crippen molar-refractivity contribution < 1.29 is 24.2 Å². The van der Waals surface area contributed by atoms with Gasteiger partial charge in [0.2, 0.25) is 0 Å². The summed E-state index contributed by atoms with van der Waals surface area (Å²) in [5.74, 6) is -0.184. The maximum atomic E-state index is 13.0. The minimum atomic E-state index is -0.673. The van der Waals surface area contributed by atoms with Gasteiger partial charge < -0.3 is 19.5 Å². The molecule has 1 heterocycles. The van der Waals surface area contributed by atoms with Crippen molar-refractivity contribution in [2.45, 2.75) is 39.2 Å². The summed E-state index contributed by atoms with van der Waals surface area (Å²) in [5, 5.41) is 11.1. The molecule has 0 aliphatic carbocycles. The maximum Gasteiger partial charge on any atom is 0.295 e. The third kappa shape index (κ3) is 4.74. The number of ether oxygens (including phenoxy) is 2. The fraction of sp³-hybridized carbons (Fsp3) is 0.360. The highest BCUT2D eigenvalue weighted by molar-refractivity contribution is 6.46. The van der Waals surface area contributed by atoms with Crippen molar-refractivity contribution in [1.29, 1.82) is 0 Å². The first kappa shape index (κ1) is 22.4. The lowest BCUT2D eigenvalue weighted by molar-refractivity contribution is -0.139. The van der Waals surface area contributed by atoms with Gasteiger partial charge in [0, 0.05) is 12.1 Å². The van der Waals surface area contributed by atoms with Gasteiger partial charge in [-0.25, -0.2) is 0 Å². The number of amides is 1. The quantitative estimate of drug-likeness (QED) is 0.359. The molecule has 0 aromatic heterocycles. The SMILES string of the molecule is CCCCN1C(=O)C(=O)/C(=C(\O)c2cccc(OC)c2)C1c1ccc(OCCC)cc1. The number of aliphatic hydroxyl groups excluding tert-OH is 1. The predicted molar refractivity (Wildman–Crippen MR) is 119 cm³/mol. The number of aliphatic hydroxyl groups is 1. The van der Waals surface area contributed by atoms with Crippen molar-refractivity contribution in [2.75, 3.05) is 20.3 Å². The Morgan fingerprint density at radius 1 is 1.03 bits per heavy atom. The van der Waals surface area contributed by atoms with Gasteiger partial charge in [-0.15, -0.1) is 0 Å². The predicted octanol–water partition coefficient (Wildman–Crippen LogP) is 4.71. The van der Waals surface area contributed by atoms with Crippen molar-refractivity contribution in [1.82, 2.24) is 4.90 Å². The number of hydrogen-bond acceptors (Lipinski definition) is 5. The minimum Gasteiger partial charge on any atom is -0.507 e. The molecular weight excluding hydrogens is 394 g/mol. The van der Waals surface area contributed by atoms with Gasteiger partial charge >= 0.3 is 0 Å². The number of carbonyl (C=O) groups excluding carboxylic acids is 2. The Balaban J connectivity index is 2.08. The molecule has 164 valence electrons. The van der Waals surface area contributed by atoms with E-state index < -0.39 is 17.7 Å². The van der Waals surface area contributed by atoms with E-state index in [2.05, 4.69) is 0 Å². The van der Waals surface area contributed by atoms with Gasteiger partial charge in [0.05, 0.1) is 25.3 Å². The highest BCUT2D eigenvalue weighted by Crippen LogP contribution is 2.40. The molecule has 31 heavy (non-hydrogen) atoms. The summed E-state index contributed by atoms with van der Waals surface area (Å²) in [6.45, 7) is 5.12. The van der Waals surface area contributed by atoms with Gasteiger partial charge in [-0.05, 0) is 42.7 Å². The first-order chi connectivity index (χ1) is 15.0. The number of carbonyl (C=O) groups is 2. The van der Waals surface area contributed by atoms with E-state index in [1.165, 1.54) is 7.11 Å². The molecule has 0 bridgehead atoms. The van der Waals surface area contributed by atoms with Crippen LogP contribution in [0, 0.1) is 0 Å². The van der Waals surface area contributed by atoms with Crippen LogP contribution >= 0.6 is 0 Å². The lowest BCUT2D eigenvalue weighted by atomic mass is 9.95. The Kier molecular flexibility index (Phi) is 7.34. The second-order valence-electron chi connectivity index (χ2n) is 7.50. The van der Waals surface area contributed by atoms with E-state index in [4.69, 9.17) is 9.47 Å². The Hall–Kier alpha value is -3.28. The zero-order chi connectivity index (χ0) is 22.4. The molecule has 1 aliphatic rings. The average molecular weight is 424 g/mol. The molecule has 3 rings (SSSR count). The highest BCUT2D eigenvalue weighted by atomic mass is 16.5. The van der Waals surface area contributed by atoms with Crippen molar-refractivity contribution in [3.05, 3.63) is 65.2 Å². The summed E-state index contributed by atoms with van der Waals surface area (Å²) >= 11 is 0. The topological polar surface area (TPSA) is 76.1 Å². The number of unbranched alkanes of at least 4 members (excludes halogenated alkanes) is 1. The van der Waals surface area contributed by atoms with Gasteiger partial charge in [-0.2, -0.15) is 0 Å². The van der Waals surface area contributed by atoms with E-state index in [1.807, 2.05) is 38.1 Å². The third-order valence-corrected chi connectivity index (χ3v) is 5.30. The molecule has 1 atom stereocenters. The van der Waals surface area contributed by atoms with Crippen LogP contribution in [0.25, 0.3) is 5.76 Å². The molecule has 1 unspecified atom stereocenters. The van der Waals surface area contributed by atoms with E-state index in [1.54, 1.807) is 29.2 Å². The number of rotatable bonds is 9. The Bertz CT molecular complexity index is 964. The molecule has 6 nitrogen and oxygen atoms in total. The lowest BCUT2D eigenvalue weighted by Gasteiger charge is -2.25. The lowest BCUT2D eigenvalue weighted by Crippen LogP contribution is -2.30. The van der Waals surface area contributed by atoms with Crippen LogP contribution < -0.4 is 9.47 Å². The zero-order valence-corrected chi connectivity index (χ0v) is 18.3. The van der Waals surface area contributed by atoms with Gasteiger partial charge in [-0.3, -0.25) is 9.59 Å². The Morgan fingerprint density at radius 2 is 1.77 bits per heavy atom. The van der Waals surface area contributed by atoms with Crippen LogP contribution in [0.1, 0.15) is 50.3 Å². The van der Waals surface area contributed by atoms with Crippen LogP contribution in [0.5, 0.6) is 11.5 Å². The van der Waals surface area contributed by atoms with E-state index in [9.17, 15) is 14.7 Å². The second kappa shape index (κ2) is 10.2. The van der Waals surface area contributed by atoms with Crippen molar-refractivity contribution in [3.8, 4) is 11.5 Å². The molecule has 1 aliphatic heterocycles. The maximum absolute atomic E-state index is 13.0. The van der Waals surface area contributed by atoms with Gasteiger partial charge in [0.15, 0.2) is 0 Å². The standard InChI is InChI=1S/C25H29NO5/c1-4-6-14-26-22(17-10-12-19(13-11-17)31-15-5-2)21(24(28)25(26)29)23(27)18-8-7-9-20(16-18)30-3/h7-13,16,22,27H,4-6,14-15H2,1-3H3/b23-21-. The number of nitrogens with zero attached hydrogens (tertiary/aromatic N) is 1. The summed E-state index contributed by atoms with van der Waals surface area (Å²) < 4.78 is 10.9. The molecule has 1 fully saturated rings. The van der Waals surface area contributed by atoms with Crippen LogP contribution in [0.2, 0.25) is 0 Å². The van der Waals surface area contributed by atoms with E-state index in [0.717, 1.165) is 30.6 Å². The molecule has 1 amide bonds. The van der Waals surface area contributed by atoms with Crippen molar-refractivity contribution in [3.63, 3.8) is 0 Å². The molecule has 0 radical (unpaired) electrons. The molecule has 1 N–H and O–H groups in total. The molecule has 2 aromatic rings. The number of likely N-dealkylation sites (tertiary alicyclic amines) is 1. The third-order valence-electron chi connectivity index (χ3n) is 5.30. The van der Waals surface area contributed by atoms with Crippen LogP contribution in [-0.2, 0) is 9.59 Å². The van der Waals surface area contributed by atoms with Crippen molar-refractivity contribution >= 4 is 17.4 Å². The highest BCUT2D eigenvalue weighted by Gasteiger charge is 2.45. The smallest absolute Gasteiger partial charge is 0.295 e. The number of hydrogen-bond donors (Lipinski definition) is 1. The first-order valence-corrected chi connectivity index (χ1v) is 10.7. The summed E-state index contributed by atoms with van der Waals surface area (Å²) in [5.41, 5.74) is 1.28. The summed E-state index contributed by atoms with van der Waals surface area (Å²) in [7, 11) is 1.53. The molecule has 6 heteroatoms. The van der Waals surface area contributed by atoms with Crippen molar-refractivity contribution in [2.24, 2.45) is 0 Å². The molecule has 0 spiro atoms. The molecule has 0 saturated carbocycles. The number of benzene rings is 2. The second-order valence-corrected chi connectivity index (χ2v) is 7.50. The fourth-order valence-electron chi connectivity index (χ4n) is 3.68. The molecule has 2 aromatic carbocycles. The first-order valence-electron chi connectivity index (χ1n) is 10.7. The van der Waals surface area contributed by atoms with Gasteiger partial charge in [0.25, 0.3) is 11.7 Å². The monoisotopic (exact) mass is 423 g/mol. The van der Waals surface area contributed by atoms with Crippen LogP contribution in [-0.4, -0.2) is 42.0 Å². The molecular formula is C25H29NO5. The van der Waals surface area contributed by atoms with Gasteiger partial charge in [0.1, 0.15) is 17.3 Å². The average Bonchev–Trinajstić information content (AvgIpc) is 3.06. The minimum absolute atomic E-state index is 0.0941. The fourth-order valence-corrected chi connectivity index (χ4v) is 3.68. The van der Waals surface area contributed by atoms with Crippen LogP contribution in [0.15, 0.2) is 54.1 Å². The van der Waals surface area contributed by atoms with Crippen LogP contribution in [0.4, 0.5) is 0 Å². The zero-order valence-electron chi connectivity index (χ0n) is 18.3. The largest absolute Gasteiger partial charge is 0.507 e. The van der Waals surface area contributed by atoms with Gasteiger partial charge in [-0.1, -0.05) is 44.5 Å². The summed E-state index contributed by atoms with van der Waals surface area (Å²) in [6.07, 6.45) is 2.55. The molecule has 1 saturated heterocycles. The normalized spacial score (nSPS) is 17.8. The Morgan fingerprint density at radius 3 is 2.42 bits per heavy atom.